The Balaban J connectivity index is 0.00000363. The topological polar surface area (TPSA) is 39.4 Å². The predicted octanol–water partition coefficient (Wildman–Crippen LogP) is 7.62. The molecule has 2 aromatic carbocycles. The molecular weight excluding hydrogens is 573 g/mol. The standard InChI is InChI=1S/C28H33N3.Pt/c1-27(2,3)25(29-7)18-26(28(4,5)6)30-19-20-11-10-13-22(17-20)24-16-15-21-12-8-9-14-23(21)31-24;/h8-16,18H,19H2,1-7H3;/q-2;+2/b25-18-,30-26?;. The second kappa shape index (κ2) is 10.6. The third-order valence-corrected chi connectivity index (χ3v) is 5.20. The molecule has 0 N–H and O–H groups in total. The molecule has 0 saturated heterocycles. The number of rotatable bonds is 5. The number of allylic oxidation sites excluding steroid dienone is 2. The summed E-state index contributed by atoms with van der Waals surface area (Å²) in [5, 5.41) is 5.65. The van der Waals surface area contributed by atoms with Gasteiger partial charge in [-0.3, -0.25) is 9.98 Å². The smallest absolute Gasteiger partial charge is 0.690 e. The minimum Gasteiger partial charge on any atom is -0.690 e. The number of para-hydroxylation sites is 1. The molecular formula is C28H33N3Pt. The average Bonchev–Trinajstić information content (AvgIpc) is 2.72. The van der Waals surface area contributed by atoms with Crippen LogP contribution in [0.25, 0.3) is 27.5 Å². The molecule has 0 fully saturated rings. The first-order chi connectivity index (χ1) is 14.6. The van der Waals surface area contributed by atoms with Crippen molar-refractivity contribution in [1.29, 1.82) is 0 Å². The second-order valence-electron chi connectivity index (χ2n) is 9.93. The summed E-state index contributed by atoms with van der Waals surface area (Å²) in [6.07, 6.45) is 2.15. The molecule has 3 rings (SSSR count). The summed E-state index contributed by atoms with van der Waals surface area (Å²) in [5.74, 6) is 0. The van der Waals surface area contributed by atoms with Gasteiger partial charge in [-0.2, -0.15) is 5.70 Å². The number of pyridine rings is 1. The van der Waals surface area contributed by atoms with E-state index in [0.29, 0.717) is 6.54 Å². The zero-order valence-corrected chi connectivity index (χ0v) is 22.4. The fourth-order valence-electron chi connectivity index (χ4n) is 3.39. The maximum absolute atomic E-state index is 4.98. The minimum atomic E-state index is -0.0707. The van der Waals surface area contributed by atoms with Gasteiger partial charge in [-0.05, 0) is 22.6 Å². The van der Waals surface area contributed by atoms with Crippen molar-refractivity contribution < 1.29 is 21.1 Å². The van der Waals surface area contributed by atoms with Crippen LogP contribution in [0.4, 0.5) is 0 Å². The van der Waals surface area contributed by atoms with E-state index in [-0.39, 0.29) is 31.9 Å². The summed E-state index contributed by atoms with van der Waals surface area (Å²) in [6.45, 7) is 13.7. The Morgan fingerprint density at radius 1 is 0.938 bits per heavy atom. The van der Waals surface area contributed by atoms with E-state index >= 15 is 0 Å². The Hall–Kier alpha value is -2.25. The molecule has 0 spiro atoms. The molecule has 3 aromatic rings. The van der Waals surface area contributed by atoms with Crippen molar-refractivity contribution in [2.24, 2.45) is 15.8 Å². The van der Waals surface area contributed by atoms with Crippen LogP contribution >= 0.6 is 0 Å². The van der Waals surface area contributed by atoms with Crippen molar-refractivity contribution in [3.8, 4) is 11.3 Å². The quantitative estimate of drug-likeness (QED) is 0.218. The molecule has 0 radical (unpaired) electrons. The fraction of sp³-hybridized carbons (Fsp3) is 0.357. The summed E-state index contributed by atoms with van der Waals surface area (Å²) < 4.78 is 0. The molecule has 1 aromatic heterocycles. The summed E-state index contributed by atoms with van der Waals surface area (Å²) >= 11 is 0. The molecule has 0 aliphatic heterocycles. The van der Waals surface area contributed by atoms with Crippen LogP contribution < -0.4 is 0 Å². The van der Waals surface area contributed by atoms with Crippen molar-refractivity contribution in [2.45, 2.75) is 48.1 Å². The zero-order chi connectivity index (χ0) is 22.6. The maximum Gasteiger partial charge on any atom is 2.00 e. The number of hydrogen-bond acceptors (Lipinski definition) is 2. The monoisotopic (exact) mass is 606 g/mol. The minimum absolute atomic E-state index is 0. The molecule has 0 saturated carbocycles. The molecule has 3 nitrogen and oxygen atoms in total. The second-order valence-corrected chi connectivity index (χ2v) is 9.93. The van der Waals surface area contributed by atoms with Crippen LogP contribution in [0, 0.1) is 16.9 Å². The average molecular weight is 607 g/mol. The van der Waals surface area contributed by atoms with Crippen LogP contribution in [0.1, 0.15) is 47.1 Å². The number of fused-ring (bicyclic) bond motifs is 1. The van der Waals surface area contributed by atoms with E-state index < -0.39 is 0 Å². The van der Waals surface area contributed by atoms with E-state index in [4.69, 9.17) is 9.98 Å². The van der Waals surface area contributed by atoms with Crippen LogP contribution in [0.3, 0.4) is 0 Å². The largest absolute Gasteiger partial charge is 2.00 e. The van der Waals surface area contributed by atoms with E-state index in [9.17, 15) is 0 Å². The van der Waals surface area contributed by atoms with Gasteiger partial charge in [0.25, 0.3) is 0 Å². The van der Waals surface area contributed by atoms with E-state index in [2.05, 4.69) is 95.4 Å². The normalized spacial score (nSPS) is 13.1. The summed E-state index contributed by atoms with van der Waals surface area (Å²) in [4.78, 5) is 9.79. The third-order valence-electron chi connectivity index (χ3n) is 5.20. The molecule has 0 bridgehead atoms. The van der Waals surface area contributed by atoms with Gasteiger partial charge in [0, 0.05) is 17.7 Å². The predicted molar refractivity (Wildman–Crippen MR) is 133 cm³/mol. The summed E-state index contributed by atoms with van der Waals surface area (Å²) in [7, 11) is 1.85. The Bertz CT molecular complexity index is 1120. The molecule has 32 heavy (non-hydrogen) atoms. The number of nitrogens with zero attached hydrogens (tertiary/aromatic N) is 3. The van der Waals surface area contributed by atoms with Gasteiger partial charge in [0.2, 0.25) is 0 Å². The van der Waals surface area contributed by atoms with Crippen molar-refractivity contribution in [1.82, 2.24) is 4.98 Å². The summed E-state index contributed by atoms with van der Waals surface area (Å²) in [6, 6.07) is 22.1. The molecule has 0 aliphatic carbocycles. The first-order valence-electron chi connectivity index (χ1n) is 10.8. The van der Waals surface area contributed by atoms with Crippen molar-refractivity contribution in [3.63, 3.8) is 0 Å². The summed E-state index contributed by atoms with van der Waals surface area (Å²) in [5.41, 5.74) is 5.98. The van der Waals surface area contributed by atoms with Crippen molar-refractivity contribution in [2.75, 3.05) is 7.05 Å². The molecule has 1 heterocycles. The van der Waals surface area contributed by atoms with E-state index in [0.717, 1.165) is 39.1 Å². The molecule has 0 amide bonds. The Morgan fingerprint density at radius 3 is 2.31 bits per heavy atom. The van der Waals surface area contributed by atoms with E-state index in [1.54, 1.807) is 0 Å². The Morgan fingerprint density at radius 2 is 1.66 bits per heavy atom. The van der Waals surface area contributed by atoms with Gasteiger partial charge in [0.1, 0.15) is 0 Å². The zero-order valence-electron chi connectivity index (χ0n) is 20.1. The van der Waals surface area contributed by atoms with Gasteiger partial charge in [-0.15, -0.1) is 42.4 Å². The van der Waals surface area contributed by atoms with Crippen molar-refractivity contribution in [3.05, 3.63) is 83.3 Å². The van der Waals surface area contributed by atoms with Gasteiger partial charge in [-0.25, -0.2) is 0 Å². The van der Waals surface area contributed by atoms with Gasteiger partial charge in [0.15, 0.2) is 0 Å². The number of benzene rings is 2. The van der Waals surface area contributed by atoms with Crippen LogP contribution in [0.15, 0.2) is 71.4 Å². The first kappa shape index (κ1) is 26.0. The van der Waals surface area contributed by atoms with Gasteiger partial charge in [-0.1, -0.05) is 78.0 Å². The number of aliphatic imine (C=N–C) groups is 1. The van der Waals surface area contributed by atoms with E-state index in [1.165, 1.54) is 0 Å². The van der Waals surface area contributed by atoms with Crippen molar-refractivity contribution >= 4 is 16.6 Å². The van der Waals surface area contributed by atoms with E-state index in [1.807, 2.05) is 25.2 Å². The Labute approximate surface area is 207 Å². The molecule has 170 valence electrons. The molecule has 0 aliphatic rings. The van der Waals surface area contributed by atoms with Crippen LogP contribution in [0.2, 0.25) is 0 Å². The molecule has 0 unspecified atom stereocenters. The number of hydrogen-bond donors (Lipinski definition) is 0. The molecule has 4 heteroatoms. The van der Waals surface area contributed by atoms with Gasteiger partial charge >= 0.3 is 21.1 Å². The Kier molecular flexibility index (Phi) is 8.59. The van der Waals surface area contributed by atoms with Crippen LogP contribution in [-0.2, 0) is 27.6 Å². The maximum atomic E-state index is 4.98. The SMILES string of the molecule is C[N-]/C(=C\C(=NCc1[c-]c(-c2ccc3ccccc3n2)ccc1)C(C)(C)C)C(C)(C)C.[Pt+2]. The number of aromatic nitrogens is 1. The van der Waals surface area contributed by atoms with Crippen LogP contribution in [0.5, 0.6) is 0 Å². The first-order valence-corrected chi connectivity index (χ1v) is 10.8. The van der Waals surface area contributed by atoms with Gasteiger partial charge < -0.3 is 5.32 Å². The fourth-order valence-corrected chi connectivity index (χ4v) is 3.39. The third kappa shape index (κ3) is 6.62. The van der Waals surface area contributed by atoms with Crippen LogP contribution in [-0.4, -0.2) is 17.7 Å². The van der Waals surface area contributed by atoms with Gasteiger partial charge in [0.05, 0.1) is 5.52 Å². The molecule has 0 atom stereocenters.